The van der Waals surface area contributed by atoms with Crippen LogP contribution in [0.15, 0.2) is 83.1 Å². The fourth-order valence-electron chi connectivity index (χ4n) is 4.46. The van der Waals surface area contributed by atoms with Crippen LogP contribution in [0, 0.1) is 5.41 Å². The maximum absolute atomic E-state index is 10.3. The van der Waals surface area contributed by atoms with Gasteiger partial charge in [-0.1, -0.05) is 79.7 Å². The Kier molecular flexibility index (Phi) is 8.42. The van der Waals surface area contributed by atoms with Crippen molar-refractivity contribution in [1.29, 1.82) is 0 Å². The minimum absolute atomic E-state index is 0.0381. The smallest absolute Gasteiger partial charge is 0.0982 e. The van der Waals surface area contributed by atoms with Gasteiger partial charge in [-0.2, -0.15) is 0 Å². The zero-order valence-corrected chi connectivity index (χ0v) is 19.4. The summed E-state index contributed by atoms with van der Waals surface area (Å²) in [4.78, 5) is 0. The summed E-state index contributed by atoms with van der Waals surface area (Å²) in [7, 11) is 0. The molecule has 0 amide bonds. The molecule has 0 aromatic heterocycles. The fraction of sp³-hybridized carbons (Fsp3) is 0.481. The molecule has 3 heteroatoms. The van der Waals surface area contributed by atoms with Gasteiger partial charge >= 0.3 is 0 Å². The molecule has 0 saturated heterocycles. The lowest BCUT2D eigenvalue weighted by Gasteiger charge is -2.44. The predicted molar refractivity (Wildman–Crippen MR) is 126 cm³/mol. The van der Waals surface area contributed by atoms with Gasteiger partial charge in [0.25, 0.3) is 0 Å². The van der Waals surface area contributed by atoms with Crippen LogP contribution in [-0.2, 0) is 4.74 Å². The van der Waals surface area contributed by atoms with Crippen LogP contribution >= 0.6 is 0 Å². The first-order valence-electron chi connectivity index (χ1n) is 10.8. The van der Waals surface area contributed by atoms with Crippen molar-refractivity contribution in [1.82, 2.24) is 0 Å². The van der Waals surface area contributed by atoms with E-state index in [9.17, 15) is 5.11 Å². The van der Waals surface area contributed by atoms with E-state index in [2.05, 4.69) is 65.0 Å². The first-order valence-corrected chi connectivity index (χ1v) is 10.8. The van der Waals surface area contributed by atoms with Crippen molar-refractivity contribution < 1.29 is 14.9 Å². The first kappa shape index (κ1) is 24.3. The zero-order chi connectivity index (χ0) is 22.4. The summed E-state index contributed by atoms with van der Waals surface area (Å²) in [6, 6.07) is 0. The van der Waals surface area contributed by atoms with E-state index >= 15 is 0 Å². The molecular weight excluding hydrogens is 372 g/mol. The molecule has 0 bridgehead atoms. The number of aliphatic hydroxyl groups is 2. The SMILES string of the molecule is C/C(=C/C=C/C(C)=C/C=C/C=C(C)/C=C/CO)C1C=C2C(C)(C)CC(O)CC2(C)O1. The molecule has 3 nitrogen and oxygen atoms in total. The van der Waals surface area contributed by atoms with Gasteiger partial charge < -0.3 is 14.9 Å². The van der Waals surface area contributed by atoms with E-state index in [-0.39, 0.29) is 29.8 Å². The standard InChI is InChI=1S/C27H38O3/c1-20(11-7-8-12-21(2)14-10-16-28)13-9-15-22(3)24-17-25-26(4,5)18-23(29)19-27(25,6)30-24/h7-15,17,23-24,28-29H,16,18-19H2,1-6H3/b8-7+,13-9+,14-10+,20-11+,21-12+,22-15-. The third-order valence-corrected chi connectivity index (χ3v) is 5.86. The van der Waals surface area contributed by atoms with E-state index < -0.39 is 0 Å². The molecule has 3 atom stereocenters. The molecule has 0 aromatic rings. The molecule has 1 aliphatic carbocycles. The molecule has 0 spiro atoms. The van der Waals surface area contributed by atoms with E-state index in [1.807, 2.05) is 31.2 Å². The molecule has 2 N–H and O–H groups in total. The summed E-state index contributed by atoms with van der Waals surface area (Å²) in [5.41, 5.74) is 4.32. The van der Waals surface area contributed by atoms with Crippen molar-refractivity contribution in [3.63, 3.8) is 0 Å². The summed E-state index contributed by atoms with van der Waals surface area (Å²) >= 11 is 0. The number of fused-ring (bicyclic) bond motifs is 1. The van der Waals surface area contributed by atoms with Crippen molar-refractivity contribution in [2.45, 2.75) is 72.2 Å². The van der Waals surface area contributed by atoms with Gasteiger partial charge in [0, 0.05) is 6.42 Å². The van der Waals surface area contributed by atoms with Crippen molar-refractivity contribution in [3.8, 4) is 0 Å². The van der Waals surface area contributed by atoms with Crippen LogP contribution in [0.25, 0.3) is 0 Å². The van der Waals surface area contributed by atoms with E-state index in [0.717, 1.165) is 23.1 Å². The quantitative estimate of drug-likeness (QED) is 0.415. The molecule has 2 aliphatic rings. The maximum atomic E-state index is 10.3. The number of ether oxygens (including phenoxy) is 1. The van der Waals surface area contributed by atoms with Crippen LogP contribution in [0.3, 0.4) is 0 Å². The Hall–Kier alpha value is -1.94. The van der Waals surface area contributed by atoms with Crippen LogP contribution < -0.4 is 0 Å². The van der Waals surface area contributed by atoms with Gasteiger partial charge in [-0.25, -0.2) is 0 Å². The van der Waals surface area contributed by atoms with Crippen LogP contribution in [0.2, 0.25) is 0 Å². The second-order valence-corrected chi connectivity index (χ2v) is 9.36. The molecule has 1 saturated carbocycles. The Morgan fingerprint density at radius 1 is 1.00 bits per heavy atom. The highest BCUT2D eigenvalue weighted by molar-refractivity contribution is 5.37. The molecule has 3 unspecified atom stereocenters. The molecule has 30 heavy (non-hydrogen) atoms. The molecule has 1 aliphatic heterocycles. The fourth-order valence-corrected chi connectivity index (χ4v) is 4.46. The number of rotatable bonds is 7. The lowest BCUT2D eigenvalue weighted by Crippen LogP contribution is -2.45. The van der Waals surface area contributed by atoms with Crippen molar-refractivity contribution in [3.05, 3.63) is 83.1 Å². The van der Waals surface area contributed by atoms with Crippen LogP contribution in [0.1, 0.15) is 54.4 Å². The lowest BCUT2D eigenvalue weighted by molar-refractivity contribution is -0.0683. The molecule has 1 fully saturated rings. The molecule has 1 heterocycles. The Balaban J connectivity index is 2.00. The molecule has 0 radical (unpaired) electrons. The van der Waals surface area contributed by atoms with Gasteiger partial charge in [0.2, 0.25) is 0 Å². The zero-order valence-electron chi connectivity index (χ0n) is 19.4. The first-order chi connectivity index (χ1) is 14.1. The second-order valence-electron chi connectivity index (χ2n) is 9.36. The Morgan fingerprint density at radius 3 is 2.27 bits per heavy atom. The Morgan fingerprint density at radius 2 is 1.63 bits per heavy atom. The monoisotopic (exact) mass is 410 g/mol. The van der Waals surface area contributed by atoms with Crippen LogP contribution in [0.5, 0.6) is 0 Å². The predicted octanol–water partition coefficient (Wildman–Crippen LogP) is 5.75. The summed E-state index contributed by atoms with van der Waals surface area (Å²) in [5, 5.41) is 19.1. The van der Waals surface area contributed by atoms with Gasteiger partial charge in [0.15, 0.2) is 0 Å². The minimum atomic E-state index is -0.372. The van der Waals surface area contributed by atoms with Gasteiger partial charge in [0.05, 0.1) is 24.4 Å². The highest BCUT2D eigenvalue weighted by Gasteiger charge is 2.50. The summed E-state index contributed by atoms with van der Waals surface area (Å²) in [6.07, 6.45) is 21.3. The number of hydrogen-bond donors (Lipinski definition) is 2. The topological polar surface area (TPSA) is 49.7 Å². The van der Waals surface area contributed by atoms with Gasteiger partial charge in [-0.05, 0) is 56.8 Å². The van der Waals surface area contributed by atoms with Crippen molar-refractivity contribution in [2.75, 3.05) is 6.61 Å². The third kappa shape index (κ3) is 6.53. The minimum Gasteiger partial charge on any atom is -0.393 e. The summed E-state index contributed by atoms with van der Waals surface area (Å²) in [6.45, 7) is 12.7. The van der Waals surface area contributed by atoms with Crippen molar-refractivity contribution >= 4 is 0 Å². The molecule has 2 rings (SSSR count). The molecule has 0 aromatic carbocycles. The number of allylic oxidation sites excluding steroid dienone is 10. The Labute approximate surface area is 182 Å². The third-order valence-electron chi connectivity index (χ3n) is 5.86. The largest absolute Gasteiger partial charge is 0.393 e. The molecular formula is C27H38O3. The summed E-state index contributed by atoms with van der Waals surface area (Å²) in [5.74, 6) is 0. The lowest BCUT2D eigenvalue weighted by atomic mass is 9.65. The van der Waals surface area contributed by atoms with E-state index in [0.29, 0.717) is 6.42 Å². The number of aliphatic hydroxyl groups excluding tert-OH is 2. The average molecular weight is 411 g/mol. The van der Waals surface area contributed by atoms with E-state index in [1.54, 1.807) is 6.08 Å². The Bertz CT molecular complexity index is 817. The molecule has 164 valence electrons. The number of hydrogen-bond acceptors (Lipinski definition) is 3. The summed E-state index contributed by atoms with van der Waals surface area (Å²) < 4.78 is 6.40. The van der Waals surface area contributed by atoms with Gasteiger partial charge in [0.1, 0.15) is 0 Å². The van der Waals surface area contributed by atoms with Crippen molar-refractivity contribution in [2.24, 2.45) is 5.41 Å². The van der Waals surface area contributed by atoms with Crippen LogP contribution in [0.4, 0.5) is 0 Å². The highest BCUT2D eigenvalue weighted by Crippen LogP contribution is 2.51. The highest BCUT2D eigenvalue weighted by atomic mass is 16.5. The maximum Gasteiger partial charge on any atom is 0.0982 e. The van der Waals surface area contributed by atoms with Gasteiger partial charge in [-0.3, -0.25) is 0 Å². The van der Waals surface area contributed by atoms with Gasteiger partial charge in [-0.15, -0.1) is 0 Å². The van der Waals surface area contributed by atoms with E-state index in [1.165, 1.54) is 5.57 Å². The second kappa shape index (κ2) is 10.4. The average Bonchev–Trinajstić information content (AvgIpc) is 3.01. The van der Waals surface area contributed by atoms with Crippen LogP contribution in [-0.4, -0.2) is 34.6 Å². The normalized spacial score (nSPS) is 30.5. The van der Waals surface area contributed by atoms with E-state index in [4.69, 9.17) is 9.84 Å².